The van der Waals surface area contributed by atoms with Gasteiger partial charge in [0.05, 0.1) is 0 Å². The number of aryl methyl sites for hydroxylation is 1. The Labute approximate surface area is 150 Å². The van der Waals surface area contributed by atoms with E-state index >= 15 is 0 Å². The zero-order valence-electron chi connectivity index (χ0n) is 15.7. The second-order valence-electron chi connectivity index (χ2n) is 7.05. The molecule has 0 spiro atoms. The molecule has 0 unspecified atom stereocenters. The Morgan fingerprint density at radius 2 is 2.20 bits per heavy atom. The van der Waals surface area contributed by atoms with E-state index in [4.69, 9.17) is 0 Å². The van der Waals surface area contributed by atoms with Crippen molar-refractivity contribution < 1.29 is 9.59 Å². The van der Waals surface area contributed by atoms with Gasteiger partial charge in [-0.25, -0.2) is 4.98 Å². The van der Waals surface area contributed by atoms with Crippen molar-refractivity contribution >= 4 is 11.8 Å². The average Bonchev–Trinajstić information content (AvgIpc) is 3.02. The van der Waals surface area contributed by atoms with Crippen LogP contribution in [0.25, 0.3) is 0 Å². The smallest absolute Gasteiger partial charge is 0.224 e. The van der Waals surface area contributed by atoms with Gasteiger partial charge in [-0.05, 0) is 39.9 Å². The van der Waals surface area contributed by atoms with Gasteiger partial charge in [-0.1, -0.05) is 0 Å². The summed E-state index contributed by atoms with van der Waals surface area (Å²) in [6.07, 6.45) is 7.43. The van der Waals surface area contributed by atoms with Crippen LogP contribution in [0.1, 0.15) is 44.3 Å². The van der Waals surface area contributed by atoms with E-state index < -0.39 is 0 Å². The Kier molecular flexibility index (Phi) is 7.43. The Balaban J connectivity index is 1.89. The molecule has 0 bridgehead atoms. The molecule has 7 heteroatoms. The predicted molar refractivity (Wildman–Crippen MR) is 97.3 cm³/mol. The van der Waals surface area contributed by atoms with E-state index in [9.17, 15) is 9.59 Å². The molecule has 2 amide bonds. The number of amides is 2. The molecule has 7 nitrogen and oxygen atoms in total. The molecule has 1 aromatic rings. The van der Waals surface area contributed by atoms with E-state index in [0.717, 1.165) is 51.3 Å². The van der Waals surface area contributed by atoms with Gasteiger partial charge < -0.3 is 19.7 Å². The van der Waals surface area contributed by atoms with Crippen LogP contribution in [0.4, 0.5) is 0 Å². The molecule has 140 valence electrons. The highest BCUT2D eigenvalue weighted by molar-refractivity contribution is 5.78. The standard InChI is InChI=1S/C18H31N5O2/c1-15(24)19-8-7-17(25)23-11-4-6-16(14-23)18-20-9-13-22(18)12-5-10-21(2)3/h9,13,16H,4-8,10-12,14H2,1-3H3,(H,19,24)/t16-/m0/s1. The maximum atomic E-state index is 12.4. The van der Waals surface area contributed by atoms with Crippen LogP contribution >= 0.6 is 0 Å². The molecule has 1 aliphatic rings. The fraction of sp³-hybridized carbons (Fsp3) is 0.722. The first-order valence-electron chi connectivity index (χ1n) is 9.15. The van der Waals surface area contributed by atoms with E-state index in [1.165, 1.54) is 6.92 Å². The third-order valence-electron chi connectivity index (χ3n) is 4.60. The third-order valence-corrected chi connectivity index (χ3v) is 4.60. The second kappa shape index (κ2) is 9.56. The summed E-state index contributed by atoms with van der Waals surface area (Å²) in [7, 11) is 4.17. The van der Waals surface area contributed by atoms with Gasteiger partial charge in [0.1, 0.15) is 5.82 Å². The molecule has 1 atom stereocenters. The molecule has 2 heterocycles. The average molecular weight is 349 g/mol. The number of hydrogen-bond acceptors (Lipinski definition) is 4. The zero-order valence-corrected chi connectivity index (χ0v) is 15.7. The van der Waals surface area contributed by atoms with Gasteiger partial charge >= 0.3 is 0 Å². The summed E-state index contributed by atoms with van der Waals surface area (Å²) < 4.78 is 2.24. The van der Waals surface area contributed by atoms with Crippen LogP contribution in [0.3, 0.4) is 0 Å². The summed E-state index contributed by atoms with van der Waals surface area (Å²) in [4.78, 5) is 32.0. The van der Waals surface area contributed by atoms with Crippen molar-refractivity contribution in [1.82, 2.24) is 24.7 Å². The Morgan fingerprint density at radius 3 is 2.92 bits per heavy atom. The van der Waals surface area contributed by atoms with Crippen LogP contribution < -0.4 is 5.32 Å². The topological polar surface area (TPSA) is 70.5 Å². The number of carbonyl (C=O) groups is 2. The van der Waals surface area contributed by atoms with Crippen LogP contribution in [0.2, 0.25) is 0 Å². The molecule has 25 heavy (non-hydrogen) atoms. The summed E-state index contributed by atoms with van der Waals surface area (Å²) >= 11 is 0. The van der Waals surface area contributed by atoms with Crippen LogP contribution in [-0.2, 0) is 16.1 Å². The van der Waals surface area contributed by atoms with E-state index in [-0.39, 0.29) is 11.8 Å². The number of carbonyl (C=O) groups excluding carboxylic acids is 2. The lowest BCUT2D eigenvalue weighted by Crippen LogP contribution is -2.41. The van der Waals surface area contributed by atoms with Crippen LogP contribution in [0, 0.1) is 0 Å². The molecule has 0 aliphatic carbocycles. The molecular weight excluding hydrogens is 318 g/mol. The van der Waals surface area contributed by atoms with Crippen molar-refractivity contribution in [1.29, 1.82) is 0 Å². The van der Waals surface area contributed by atoms with Crippen molar-refractivity contribution in [3.63, 3.8) is 0 Å². The number of hydrogen-bond donors (Lipinski definition) is 1. The minimum atomic E-state index is -0.0935. The van der Waals surface area contributed by atoms with Gasteiger partial charge in [0.2, 0.25) is 11.8 Å². The monoisotopic (exact) mass is 349 g/mol. The molecule has 1 saturated heterocycles. The lowest BCUT2D eigenvalue weighted by Gasteiger charge is -2.33. The number of imidazole rings is 1. The summed E-state index contributed by atoms with van der Waals surface area (Å²) in [5.41, 5.74) is 0. The third kappa shape index (κ3) is 6.16. The second-order valence-corrected chi connectivity index (χ2v) is 7.05. The largest absolute Gasteiger partial charge is 0.356 e. The molecule has 1 fully saturated rings. The number of nitrogens with one attached hydrogen (secondary N) is 1. The molecule has 2 rings (SSSR count). The molecule has 1 aliphatic heterocycles. The molecule has 0 aromatic carbocycles. The van der Waals surface area contributed by atoms with Gasteiger partial charge in [-0.15, -0.1) is 0 Å². The highest BCUT2D eigenvalue weighted by Crippen LogP contribution is 2.26. The lowest BCUT2D eigenvalue weighted by atomic mass is 9.96. The van der Waals surface area contributed by atoms with Gasteiger partial charge in [0, 0.05) is 57.8 Å². The first kappa shape index (κ1) is 19.4. The summed E-state index contributed by atoms with van der Waals surface area (Å²) in [5, 5.41) is 2.69. The van der Waals surface area contributed by atoms with Crippen LogP contribution in [-0.4, -0.2) is 71.4 Å². The fourth-order valence-corrected chi connectivity index (χ4v) is 3.34. The minimum Gasteiger partial charge on any atom is -0.356 e. The fourth-order valence-electron chi connectivity index (χ4n) is 3.34. The molecular formula is C18H31N5O2. The molecule has 1 aromatic heterocycles. The van der Waals surface area contributed by atoms with Crippen LogP contribution in [0.15, 0.2) is 12.4 Å². The summed E-state index contributed by atoms with van der Waals surface area (Å²) in [6.45, 7) is 5.42. The highest BCUT2D eigenvalue weighted by Gasteiger charge is 2.27. The number of aromatic nitrogens is 2. The summed E-state index contributed by atoms with van der Waals surface area (Å²) in [5.74, 6) is 1.42. The van der Waals surface area contributed by atoms with Gasteiger partial charge in [0.25, 0.3) is 0 Å². The highest BCUT2D eigenvalue weighted by atomic mass is 16.2. The van der Waals surface area contributed by atoms with E-state index in [1.54, 1.807) is 0 Å². The van der Waals surface area contributed by atoms with Crippen molar-refractivity contribution in [2.45, 2.75) is 45.1 Å². The number of piperidine rings is 1. The molecule has 0 saturated carbocycles. The first-order chi connectivity index (χ1) is 12.0. The number of rotatable bonds is 8. The normalized spacial score (nSPS) is 17.8. The SMILES string of the molecule is CC(=O)NCCC(=O)N1CCC[C@H](c2nccn2CCCN(C)C)C1. The number of nitrogens with zero attached hydrogens (tertiary/aromatic N) is 4. The molecule has 0 radical (unpaired) electrons. The molecule has 1 N–H and O–H groups in total. The van der Waals surface area contributed by atoms with Crippen molar-refractivity contribution in [3.05, 3.63) is 18.2 Å². The predicted octanol–water partition coefficient (Wildman–Crippen LogP) is 1.07. The maximum Gasteiger partial charge on any atom is 0.224 e. The van der Waals surface area contributed by atoms with Crippen molar-refractivity contribution in [3.8, 4) is 0 Å². The Hall–Kier alpha value is -1.89. The Morgan fingerprint density at radius 1 is 1.40 bits per heavy atom. The van der Waals surface area contributed by atoms with Crippen molar-refractivity contribution in [2.24, 2.45) is 0 Å². The van der Waals surface area contributed by atoms with E-state index in [2.05, 4.69) is 33.9 Å². The summed E-state index contributed by atoms with van der Waals surface area (Å²) in [6, 6.07) is 0. The Bertz CT molecular complexity index is 570. The minimum absolute atomic E-state index is 0.0935. The zero-order chi connectivity index (χ0) is 18.2. The van der Waals surface area contributed by atoms with Crippen molar-refractivity contribution in [2.75, 3.05) is 40.3 Å². The quantitative estimate of drug-likeness (QED) is 0.762. The first-order valence-corrected chi connectivity index (χ1v) is 9.15. The van der Waals surface area contributed by atoms with Gasteiger partial charge in [0.15, 0.2) is 0 Å². The van der Waals surface area contributed by atoms with Gasteiger partial charge in [-0.3, -0.25) is 9.59 Å². The van der Waals surface area contributed by atoms with Crippen LogP contribution in [0.5, 0.6) is 0 Å². The van der Waals surface area contributed by atoms with E-state index in [1.807, 2.05) is 17.3 Å². The lowest BCUT2D eigenvalue weighted by molar-refractivity contribution is -0.132. The van der Waals surface area contributed by atoms with E-state index in [0.29, 0.717) is 18.9 Å². The number of likely N-dealkylation sites (tertiary alicyclic amines) is 1. The maximum absolute atomic E-state index is 12.4. The van der Waals surface area contributed by atoms with Gasteiger partial charge in [-0.2, -0.15) is 0 Å².